The molecule has 2 aliphatic rings. The summed E-state index contributed by atoms with van der Waals surface area (Å²) in [5.74, 6) is 0.619. The second-order valence-corrected chi connectivity index (χ2v) is 7.14. The minimum atomic E-state index is 0.0424. The maximum Gasteiger partial charge on any atom is 0.274 e. The minimum absolute atomic E-state index is 0.0424. The Morgan fingerprint density at radius 3 is 3.04 bits per heavy atom. The Kier molecular flexibility index (Phi) is 5.33. The first-order valence-electron chi connectivity index (χ1n) is 8.83. The second kappa shape index (κ2) is 7.45. The summed E-state index contributed by atoms with van der Waals surface area (Å²) >= 11 is 0. The summed E-state index contributed by atoms with van der Waals surface area (Å²) in [7, 11) is 4.06. The van der Waals surface area contributed by atoms with Gasteiger partial charge in [-0.2, -0.15) is 5.10 Å². The number of rotatable bonds is 4. The summed E-state index contributed by atoms with van der Waals surface area (Å²) < 4.78 is 1.96. The normalized spacial score (nSPS) is 26.2. The molecular formula is C17H29N5O. The maximum atomic E-state index is 12.6. The van der Waals surface area contributed by atoms with Crippen LogP contribution >= 0.6 is 0 Å². The van der Waals surface area contributed by atoms with Crippen molar-refractivity contribution >= 4 is 5.91 Å². The SMILES string of the molecule is CN1CCCC(CN(C)C(=O)c2ccn(C3CCCNC3)n2)C1. The molecule has 1 N–H and O–H groups in total. The van der Waals surface area contributed by atoms with Crippen LogP contribution in [0, 0.1) is 5.92 Å². The molecule has 6 heteroatoms. The van der Waals surface area contributed by atoms with E-state index in [9.17, 15) is 4.79 Å². The summed E-state index contributed by atoms with van der Waals surface area (Å²) in [6.07, 6.45) is 6.69. The average Bonchev–Trinajstić information content (AvgIpc) is 3.05. The zero-order valence-electron chi connectivity index (χ0n) is 14.4. The van der Waals surface area contributed by atoms with Gasteiger partial charge in [-0.25, -0.2) is 0 Å². The minimum Gasteiger partial charge on any atom is -0.340 e. The summed E-state index contributed by atoms with van der Waals surface area (Å²) in [4.78, 5) is 16.8. The van der Waals surface area contributed by atoms with Crippen molar-refractivity contribution in [1.29, 1.82) is 0 Å². The van der Waals surface area contributed by atoms with Gasteiger partial charge in [0.05, 0.1) is 6.04 Å². The number of carbonyl (C=O) groups is 1. The van der Waals surface area contributed by atoms with Crippen LogP contribution in [-0.2, 0) is 0 Å². The second-order valence-electron chi connectivity index (χ2n) is 7.14. The molecule has 1 aromatic rings. The quantitative estimate of drug-likeness (QED) is 0.907. The topological polar surface area (TPSA) is 53.4 Å². The molecule has 1 aromatic heterocycles. The third-order valence-electron chi connectivity index (χ3n) is 5.07. The standard InChI is InChI=1S/C17H29N5O/c1-20-9-4-5-14(12-20)13-21(2)17(23)16-7-10-22(19-16)15-6-3-8-18-11-15/h7,10,14-15,18H,3-6,8-9,11-13H2,1-2H3. The number of hydrogen-bond acceptors (Lipinski definition) is 4. The van der Waals surface area contributed by atoms with Gasteiger partial charge in [0.25, 0.3) is 5.91 Å². The van der Waals surface area contributed by atoms with Crippen LogP contribution in [-0.4, -0.2) is 72.3 Å². The molecule has 23 heavy (non-hydrogen) atoms. The number of likely N-dealkylation sites (tertiary alicyclic amines) is 1. The first-order chi connectivity index (χ1) is 11.1. The Hall–Kier alpha value is -1.40. The van der Waals surface area contributed by atoms with E-state index in [1.807, 2.05) is 28.9 Å². The highest BCUT2D eigenvalue weighted by molar-refractivity contribution is 5.92. The van der Waals surface area contributed by atoms with Crippen LogP contribution in [0.1, 0.15) is 42.2 Å². The smallest absolute Gasteiger partial charge is 0.274 e. The molecule has 0 saturated carbocycles. The zero-order valence-corrected chi connectivity index (χ0v) is 14.4. The van der Waals surface area contributed by atoms with Crippen molar-refractivity contribution in [2.45, 2.75) is 31.7 Å². The van der Waals surface area contributed by atoms with Gasteiger partial charge in [0.1, 0.15) is 5.69 Å². The van der Waals surface area contributed by atoms with Gasteiger partial charge in [0.2, 0.25) is 0 Å². The summed E-state index contributed by atoms with van der Waals surface area (Å²) in [5, 5.41) is 7.93. The fourth-order valence-electron chi connectivity index (χ4n) is 3.80. The van der Waals surface area contributed by atoms with E-state index < -0.39 is 0 Å². The van der Waals surface area contributed by atoms with Gasteiger partial charge in [0, 0.05) is 32.9 Å². The molecule has 3 rings (SSSR count). The molecule has 2 atom stereocenters. The lowest BCUT2D eigenvalue weighted by molar-refractivity contribution is 0.0733. The molecule has 2 fully saturated rings. The Morgan fingerprint density at radius 2 is 2.30 bits per heavy atom. The highest BCUT2D eigenvalue weighted by Crippen LogP contribution is 2.18. The number of amides is 1. The Morgan fingerprint density at radius 1 is 1.43 bits per heavy atom. The summed E-state index contributed by atoms with van der Waals surface area (Å²) in [6.45, 7) is 5.11. The largest absolute Gasteiger partial charge is 0.340 e. The van der Waals surface area contributed by atoms with E-state index in [1.54, 1.807) is 0 Å². The van der Waals surface area contributed by atoms with Crippen molar-refractivity contribution in [2.75, 3.05) is 46.8 Å². The molecule has 1 amide bonds. The van der Waals surface area contributed by atoms with Gasteiger partial charge in [-0.05, 0) is 57.8 Å². The van der Waals surface area contributed by atoms with E-state index >= 15 is 0 Å². The highest BCUT2D eigenvalue weighted by atomic mass is 16.2. The van der Waals surface area contributed by atoms with E-state index in [2.05, 4.69) is 22.4 Å². The Bertz CT molecular complexity index is 523. The zero-order chi connectivity index (χ0) is 16.2. The number of aromatic nitrogens is 2. The van der Waals surface area contributed by atoms with Crippen LogP contribution < -0.4 is 5.32 Å². The monoisotopic (exact) mass is 319 g/mol. The Balaban J connectivity index is 1.57. The van der Waals surface area contributed by atoms with E-state index in [0.717, 1.165) is 32.6 Å². The molecule has 0 radical (unpaired) electrons. The molecule has 2 unspecified atom stereocenters. The van der Waals surface area contributed by atoms with E-state index in [1.165, 1.54) is 25.8 Å². The number of hydrogen-bond donors (Lipinski definition) is 1. The first-order valence-corrected chi connectivity index (χ1v) is 8.83. The third kappa shape index (κ3) is 4.12. The predicted octanol–water partition coefficient (Wildman–Crippen LogP) is 1.22. The number of nitrogens with zero attached hydrogens (tertiary/aromatic N) is 4. The van der Waals surface area contributed by atoms with Gasteiger partial charge in [0.15, 0.2) is 0 Å². The van der Waals surface area contributed by atoms with Gasteiger partial charge >= 0.3 is 0 Å². The lowest BCUT2D eigenvalue weighted by Crippen LogP contribution is -2.40. The van der Waals surface area contributed by atoms with Crippen LogP contribution in [0.25, 0.3) is 0 Å². The van der Waals surface area contributed by atoms with Gasteiger partial charge in [-0.15, -0.1) is 0 Å². The fourth-order valence-corrected chi connectivity index (χ4v) is 3.80. The van der Waals surface area contributed by atoms with Crippen molar-refractivity contribution in [3.63, 3.8) is 0 Å². The Labute approximate surface area is 138 Å². The van der Waals surface area contributed by atoms with E-state index in [4.69, 9.17) is 0 Å². The number of nitrogens with one attached hydrogen (secondary N) is 1. The molecule has 0 aromatic carbocycles. The predicted molar refractivity (Wildman–Crippen MR) is 90.5 cm³/mol. The third-order valence-corrected chi connectivity index (χ3v) is 5.07. The lowest BCUT2D eigenvalue weighted by Gasteiger charge is -2.32. The maximum absolute atomic E-state index is 12.6. The summed E-state index contributed by atoms with van der Waals surface area (Å²) in [5.41, 5.74) is 0.572. The van der Waals surface area contributed by atoms with E-state index in [-0.39, 0.29) is 5.91 Å². The molecule has 0 spiro atoms. The van der Waals surface area contributed by atoms with Crippen LogP contribution in [0.4, 0.5) is 0 Å². The first kappa shape index (κ1) is 16.5. The highest BCUT2D eigenvalue weighted by Gasteiger charge is 2.23. The molecule has 2 aliphatic heterocycles. The van der Waals surface area contributed by atoms with Crippen molar-refractivity contribution < 1.29 is 4.79 Å². The molecule has 6 nitrogen and oxygen atoms in total. The van der Waals surface area contributed by atoms with Crippen molar-refractivity contribution in [1.82, 2.24) is 24.9 Å². The van der Waals surface area contributed by atoms with Gasteiger partial charge in [-0.1, -0.05) is 0 Å². The number of piperidine rings is 2. The van der Waals surface area contributed by atoms with Gasteiger partial charge < -0.3 is 15.1 Å². The van der Waals surface area contributed by atoms with Crippen LogP contribution in [0.2, 0.25) is 0 Å². The molecule has 0 bridgehead atoms. The molecule has 2 saturated heterocycles. The number of carbonyl (C=O) groups excluding carboxylic acids is 1. The molecule has 128 valence electrons. The van der Waals surface area contributed by atoms with Crippen molar-refractivity contribution in [3.05, 3.63) is 18.0 Å². The molecular weight excluding hydrogens is 290 g/mol. The van der Waals surface area contributed by atoms with E-state index in [0.29, 0.717) is 17.7 Å². The summed E-state index contributed by atoms with van der Waals surface area (Å²) in [6, 6.07) is 2.24. The van der Waals surface area contributed by atoms with Crippen molar-refractivity contribution in [3.8, 4) is 0 Å². The molecule has 3 heterocycles. The van der Waals surface area contributed by atoms with Crippen LogP contribution in [0.15, 0.2) is 12.3 Å². The average molecular weight is 319 g/mol. The van der Waals surface area contributed by atoms with Crippen molar-refractivity contribution in [2.24, 2.45) is 5.92 Å². The van der Waals surface area contributed by atoms with Crippen LogP contribution in [0.5, 0.6) is 0 Å². The fraction of sp³-hybridized carbons (Fsp3) is 0.765. The molecule has 0 aliphatic carbocycles. The lowest BCUT2D eigenvalue weighted by atomic mass is 9.98. The van der Waals surface area contributed by atoms with Crippen LogP contribution in [0.3, 0.4) is 0 Å². The van der Waals surface area contributed by atoms with Gasteiger partial charge in [-0.3, -0.25) is 9.48 Å².